The SMILES string of the molecule is CCC12C(=O)C(C(O)c3ccccc3)CC1C2C(=O)O. The topological polar surface area (TPSA) is 74.6 Å². The van der Waals surface area contributed by atoms with E-state index in [2.05, 4.69) is 0 Å². The van der Waals surface area contributed by atoms with Gasteiger partial charge in [0.2, 0.25) is 0 Å². The number of aliphatic hydroxyl groups is 1. The molecule has 0 heterocycles. The smallest absolute Gasteiger partial charge is 0.307 e. The van der Waals surface area contributed by atoms with E-state index in [1.165, 1.54) is 0 Å². The van der Waals surface area contributed by atoms with Crippen LogP contribution in [0.2, 0.25) is 0 Å². The van der Waals surface area contributed by atoms with Crippen molar-refractivity contribution < 1.29 is 19.8 Å². The second-order valence-electron chi connectivity index (χ2n) is 5.88. The first kappa shape index (κ1) is 13.3. The van der Waals surface area contributed by atoms with Crippen LogP contribution in [-0.2, 0) is 9.59 Å². The van der Waals surface area contributed by atoms with E-state index in [1.807, 2.05) is 25.1 Å². The van der Waals surface area contributed by atoms with Gasteiger partial charge in [0, 0.05) is 11.3 Å². The molecule has 0 aliphatic heterocycles. The molecule has 1 aromatic rings. The number of hydrogen-bond donors (Lipinski definition) is 2. The molecule has 2 fully saturated rings. The fraction of sp³-hybridized carbons (Fsp3) is 0.500. The van der Waals surface area contributed by atoms with E-state index < -0.39 is 29.3 Å². The summed E-state index contributed by atoms with van der Waals surface area (Å²) in [4.78, 5) is 23.8. The molecule has 20 heavy (non-hydrogen) atoms. The van der Waals surface area contributed by atoms with E-state index in [0.29, 0.717) is 12.8 Å². The van der Waals surface area contributed by atoms with Crippen LogP contribution in [0.5, 0.6) is 0 Å². The van der Waals surface area contributed by atoms with Crippen molar-refractivity contribution in [2.45, 2.75) is 25.9 Å². The van der Waals surface area contributed by atoms with Crippen LogP contribution >= 0.6 is 0 Å². The zero-order valence-corrected chi connectivity index (χ0v) is 11.3. The van der Waals surface area contributed by atoms with Gasteiger partial charge in [-0.3, -0.25) is 9.59 Å². The second-order valence-corrected chi connectivity index (χ2v) is 5.88. The predicted molar refractivity (Wildman–Crippen MR) is 71.9 cm³/mol. The van der Waals surface area contributed by atoms with Gasteiger partial charge in [0.1, 0.15) is 5.78 Å². The Morgan fingerprint density at radius 3 is 2.55 bits per heavy atom. The molecule has 3 rings (SSSR count). The fourth-order valence-electron chi connectivity index (χ4n) is 4.13. The van der Waals surface area contributed by atoms with Gasteiger partial charge < -0.3 is 10.2 Å². The predicted octanol–water partition coefficient (Wildman–Crippen LogP) is 2.04. The third-order valence-electron chi connectivity index (χ3n) is 5.19. The number of aliphatic carboxylic acids is 1. The number of carboxylic acid groups (broad SMARTS) is 1. The minimum atomic E-state index is -0.877. The molecule has 0 bridgehead atoms. The van der Waals surface area contributed by atoms with Crippen LogP contribution in [0, 0.1) is 23.2 Å². The monoisotopic (exact) mass is 274 g/mol. The Hall–Kier alpha value is -1.68. The lowest BCUT2D eigenvalue weighted by molar-refractivity contribution is -0.143. The number of fused-ring (bicyclic) bond motifs is 1. The number of aliphatic hydroxyl groups excluding tert-OH is 1. The van der Waals surface area contributed by atoms with Crippen LogP contribution in [0.4, 0.5) is 0 Å². The Balaban J connectivity index is 1.84. The Bertz CT molecular complexity index is 553. The third-order valence-corrected chi connectivity index (χ3v) is 5.19. The van der Waals surface area contributed by atoms with E-state index in [-0.39, 0.29) is 11.7 Å². The highest BCUT2D eigenvalue weighted by Crippen LogP contribution is 2.70. The Kier molecular flexibility index (Phi) is 2.94. The van der Waals surface area contributed by atoms with E-state index in [4.69, 9.17) is 0 Å². The summed E-state index contributed by atoms with van der Waals surface area (Å²) >= 11 is 0. The van der Waals surface area contributed by atoms with Crippen molar-refractivity contribution in [3.63, 3.8) is 0 Å². The Morgan fingerprint density at radius 2 is 2.05 bits per heavy atom. The minimum absolute atomic E-state index is 0.0613. The number of carboxylic acids is 1. The normalized spacial score (nSPS) is 36.5. The molecule has 4 nitrogen and oxygen atoms in total. The summed E-state index contributed by atoms with van der Waals surface area (Å²) in [6.45, 7) is 1.87. The molecule has 1 aromatic carbocycles. The van der Waals surface area contributed by atoms with Crippen LogP contribution in [0.15, 0.2) is 30.3 Å². The summed E-state index contributed by atoms with van der Waals surface area (Å²) in [6.07, 6.45) is 0.208. The lowest BCUT2D eigenvalue weighted by atomic mass is 9.84. The maximum Gasteiger partial charge on any atom is 0.307 e. The molecule has 0 aromatic heterocycles. The largest absolute Gasteiger partial charge is 0.481 e. The van der Waals surface area contributed by atoms with E-state index >= 15 is 0 Å². The van der Waals surface area contributed by atoms with E-state index in [1.54, 1.807) is 12.1 Å². The van der Waals surface area contributed by atoms with E-state index in [0.717, 1.165) is 5.56 Å². The molecule has 2 saturated carbocycles. The van der Waals surface area contributed by atoms with Crippen LogP contribution in [0.1, 0.15) is 31.4 Å². The Labute approximate surface area is 117 Å². The van der Waals surface area contributed by atoms with Crippen molar-refractivity contribution in [1.82, 2.24) is 0 Å². The summed E-state index contributed by atoms with van der Waals surface area (Å²) in [5.74, 6) is -2.04. The summed E-state index contributed by atoms with van der Waals surface area (Å²) < 4.78 is 0. The number of ketones is 1. The molecule has 2 aliphatic carbocycles. The van der Waals surface area contributed by atoms with Crippen molar-refractivity contribution in [1.29, 1.82) is 0 Å². The highest BCUT2D eigenvalue weighted by Gasteiger charge is 2.76. The maximum atomic E-state index is 12.6. The van der Waals surface area contributed by atoms with Gasteiger partial charge in [-0.05, 0) is 24.3 Å². The molecule has 0 radical (unpaired) electrons. The van der Waals surface area contributed by atoms with Crippen molar-refractivity contribution in [2.24, 2.45) is 23.2 Å². The zero-order valence-electron chi connectivity index (χ0n) is 11.3. The summed E-state index contributed by atoms with van der Waals surface area (Å²) in [5, 5.41) is 19.6. The summed E-state index contributed by atoms with van der Waals surface area (Å²) in [7, 11) is 0. The first-order chi connectivity index (χ1) is 9.54. The van der Waals surface area contributed by atoms with Crippen LogP contribution in [-0.4, -0.2) is 22.0 Å². The van der Waals surface area contributed by atoms with Crippen molar-refractivity contribution in [2.75, 3.05) is 0 Å². The molecular weight excluding hydrogens is 256 g/mol. The number of benzene rings is 1. The van der Waals surface area contributed by atoms with Gasteiger partial charge >= 0.3 is 5.97 Å². The zero-order chi connectivity index (χ0) is 14.5. The first-order valence-corrected chi connectivity index (χ1v) is 7.04. The third kappa shape index (κ3) is 1.57. The average molecular weight is 274 g/mol. The quantitative estimate of drug-likeness (QED) is 0.881. The van der Waals surface area contributed by atoms with Gasteiger partial charge in [-0.25, -0.2) is 0 Å². The van der Waals surface area contributed by atoms with Crippen LogP contribution in [0.3, 0.4) is 0 Å². The standard InChI is InChI=1S/C16H18O4/c1-2-16-11(12(16)15(19)20)8-10(14(16)18)13(17)9-6-4-3-5-7-9/h3-7,10-13,17H,2,8H2,1H3,(H,19,20). The molecule has 0 amide bonds. The van der Waals surface area contributed by atoms with Crippen molar-refractivity contribution in [3.8, 4) is 0 Å². The molecule has 5 atom stereocenters. The minimum Gasteiger partial charge on any atom is -0.481 e. The number of carbonyl (C=O) groups is 2. The highest BCUT2D eigenvalue weighted by atomic mass is 16.4. The molecule has 0 spiro atoms. The lowest BCUT2D eigenvalue weighted by Gasteiger charge is -2.22. The van der Waals surface area contributed by atoms with Crippen LogP contribution < -0.4 is 0 Å². The highest BCUT2D eigenvalue weighted by molar-refractivity contribution is 6.00. The number of hydrogen-bond acceptors (Lipinski definition) is 3. The fourth-order valence-corrected chi connectivity index (χ4v) is 4.13. The van der Waals surface area contributed by atoms with Gasteiger partial charge in [-0.15, -0.1) is 0 Å². The second kappa shape index (κ2) is 4.42. The van der Waals surface area contributed by atoms with Crippen molar-refractivity contribution >= 4 is 11.8 Å². The van der Waals surface area contributed by atoms with Gasteiger partial charge in [-0.1, -0.05) is 37.3 Å². The average Bonchev–Trinajstić information content (AvgIpc) is 3.04. The molecule has 2 aliphatic rings. The number of carbonyl (C=O) groups excluding carboxylic acids is 1. The van der Waals surface area contributed by atoms with Gasteiger partial charge in [0.05, 0.1) is 12.0 Å². The molecule has 2 N–H and O–H groups in total. The van der Waals surface area contributed by atoms with Crippen LogP contribution in [0.25, 0.3) is 0 Å². The number of rotatable bonds is 4. The van der Waals surface area contributed by atoms with Crippen molar-refractivity contribution in [3.05, 3.63) is 35.9 Å². The van der Waals surface area contributed by atoms with Gasteiger partial charge in [-0.2, -0.15) is 0 Å². The first-order valence-electron chi connectivity index (χ1n) is 7.04. The Morgan fingerprint density at radius 1 is 1.40 bits per heavy atom. The molecule has 4 heteroatoms. The molecular formula is C16H18O4. The maximum absolute atomic E-state index is 12.6. The lowest BCUT2D eigenvalue weighted by Crippen LogP contribution is -2.29. The summed E-state index contributed by atoms with van der Waals surface area (Å²) in [5.41, 5.74) is 0.0111. The van der Waals surface area contributed by atoms with E-state index in [9.17, 15) is 19.8 Å². The van der Waals surface area contributed by atoms with Gasteiger partial charge in [0.15, 0.2) is 0 Å². The molecule has 106 valence electrons. The summed E-state index contributed by atoms with van der Waals surface area (Å²) in [6, 6.07) is 9.12. The van der Waals surface area contributed by atoms with Gasteiger partial charge in [0.25, 0.3) is 0 Å². The molecule has 5 unspecified atom stereocenters. The molecule has 0 saturated heterocycles. The number of Topliss-reactive ketones (excluding diaryl/α,β-unsaturated/α-hetero) is 1.